The van der Waals surface area contributed by atoms with Gasteiger partial charge in [-0.05, 0) is 36.6 Å². The fourth-order valence-corrected chi connectivity index (χ4v) is 3.31. The van der Waals surface area contributed by atoms with E-state index in [0.29, 0.717) is 48.1 Å². The van der Waals surface area contributed by atoms with Crippen molar-refractivity contribution in [3.8, 4) is 11.5 Å². The van der Waals surface area contributed by atoms with E-state index in [0.717, 1.165) is 0 Å². The Morgan fingerprint density at radius 3 is 2.77 bits per heavy atom. The minimum Gasteiger partial charge on any atom is -0.481 e. The second-order valence-electron chi connectivity index (χ2n) is 6.09. The van der Waals surface area contributed by atoms with Crippen LogP contribution in [-0.4, -0.2) is 54.5 Å². The molecule has 1 aromatic carbocycles. The third-order valence-electron chi connectivity index (χ3n) is 4.35. The van der Waals surface area contributed by atoms with E-state index in [1.807, 2.05) is 0 Å². The SMILES string of the molecule is O=C(O)CCN(C(=O)C=Cc1cc(Cl)c2c(c1)OCO2)C1CCOCC1. The van der Waals surface area contributed by atoms with E-state index in [-0.39, 0.29) is 31.7 Å². The standard InChI is InChI=1S/C18H20ClNO6/c19-14-9-12(10-15-18(14)26-11-25-15)1-2-16(21)20(6-3-17(22)23)13-4-7-24-8-5-13/h1-2,9-10,13H,3-8,11H2,(H,22,23). The number of carboxylic acids is 1. The van der Waals surface area contributed by atoms with Crippen LogP contribution in [0.3, 0.4) is 0 Å². The molecule has 1 amide bonds. The van der Waals surface area contributed by atoms with Gasteiger partial charge in [0.25, 0.3) is 0 Å². The number of nitrogens with zero attached hydrogens (tertiary/aromatic N) is 1. The van der Waals surface area contributed by atoms with E-state index >= 15 is 0 Å². The van der Waals surface area contributed by atoms with Gasteiger partial charge in [-0.25, -0.2) is 0 Å². The van der Waals surface area contributed by atoms with Gasteiger partial charge in [-0.3, -0.25) is 9.59 Å². The Hall–Kier alpha value is -2.25. The maximum atomic E-state index is 12.7. The molecule has 1 fully saturated rings. The lowest BCUT2D eigenvalue weighted by atomic mass is 10.1. The number of halogens is 1. The number of ether oxygens (including phenoxy) is 3. The van der Waals surface area contributed by atoms with Gasteiger partial charge in [-0.2, -0.15) is 0 Å². The highest BCUT2D eigenvalue weighted by atomic mass is 35.5. The molecule has 0 saturated carbocycles. The molecule has 0 unspecified atom stereocenters. The molecule has 0 aliphatic carbocycles. The van der Waals surface area contributed by atoms with Crippen LogP contribution in [0.25, 0.3) is 6.08 Å². The largest absolute Gasteiger partial charge is 0.481 e. The molecular formula is C18H20ClNO6. The van der Waals surface area contributed by atoms with Crippen LogP contribution in [0.1, 0.15) is 24.8 Å². The molecule has 1 aromatic rings. The molecule has 0 aromatic heterocycles. The molecule has 0 bridgehead atoms. The monoisotopic (exact) mass is 381 g/mol. The number of carboxylic acid groups (broad SMARTS) is 1. The van der Waals surface area contributed by atoms with Crippen molar-refractivity contribution in [2.75, 3.05) is 26.6 Å². The molecular weight excluding hydrogens is 362 g/mol. The summed E-state index contributed by atoms with van der Waals surface area (Å²) < 4.78 is 15.9. The molecule has 2 aliphatic heterocycles. The maximum Gasteiger partial charge on any atom is 0.305 e. The average Bonchev–Trinajstić information content (AvgIpc) is 3.10. The Kier molecular flexibility index (Phi) is 6.00. The first kappa shape index (κ1) is 18.5. The lowest BCUT2D eigenvalue weighted by Crippen LogP contribution is -2.43. The van der Waals surface area contributed by atoms with Crippen LogP contribution in [0.4, 0.5) is 0 Å². The Balaban J connectivity index is 1.72. The van der Waals surface area contributed by atoms with Crippen molar-refractivity contribution in [2.45, 2.75) is 25.3 Å². The van der Waals surface area contributed by atoms with Crippen molar-refractivity contribution in [3.05, 3.63) is 28.8 Å². The highest BCUT2D eigenvalue weighted by molar-refractivity contribution is 6.32. The highest BCUT2D eigenvalue weighted by Crippen LogP contribution is 2.40. The number of benzene rings is 1. The van der Waals surface area contributed by atoms with Crippen LogP contribution in [0.2, 0.25) is 5.02 Å². The molecule has 1 N–H and O–H groups in total. The Bertz CT molecular complexity index is 714. The fourth-order valence-electron chi connectivity index (χ4n) is 3.03. The normalized spacial score (nSPS) is 16.8. The van der Waals surface area contributed by atoms with E-state index in [1.165, 1.54) is 6.08 Å². The zero-order valence-corrected chi connectivity index (χ0v) is 14.9. The first-order valence-corrected chi connectivity index (χ1v) is 8.80. The van der Waals surface area contributed by atoms with Gasteiger partial charge in [0.2, 0.25) is 12.7 Å². The van der Waals surface area contributed by atoms with Crippen LogP contribution >= 0.6 is 11.6 Å². The Morgan fingerprint density at radius 2 is 2.04 bits per heavy atom. The van der Waals surface area contributed by atoms with E-state index in [2.05, 4.69) is 0 Å². The zero-order chi connectivity index (χ0) is 18.5. The summed E-state index contributed by atoms with van der Waals surface area (Å²) in [7, 11) is 0. The van der Waals surface area contributed by atoms with Crippen LogP contribution in [0.15, 0.2) is 18.2 Å². The first-order valence-electron chi connectivity index (χ1n) is 8.42. The molecule has 3 rings (SSSR count). The minimum atomic E-state index is -0.929. The zero-order valence-electron chi connectivity index (χ0n) is 14.2. The Labute approximate surface area is 156 Å². The number of rotatable bonds is 6. The molecule has 2 heterocycles. The van der Waals surface area contributed by atoms with Crippen molar-refractivity contribution in [1.82, 2.24) is 4.90 Å². The first-order chi connectivity index (χ1) is 12.5. The highest BCUT2D eigenvalue weighted by Gasteiger charge is 2.25. The summed E-state index contributed by atoms with van der Waals surface area (Å²) in [4.78, 5) is 25.2. The number of fused-ring (bicyclic) bond motifs is 1. The van der Waals surface area contributed by atoms with Gasteiger partial charge in [-0.1, -0.05) is 11.6 Å². The van der Waals surface area contributed by atoms with Crippen molar-refractivity contribution < 1.29 is 28.9 Å². The van der Waals surface area contributed by atoms with Crippen LogP contribution in [0, 0.1) is 0 Å². The van der Waals surface area contributed by atoms with Crippen molar-refractivity contribution in [2.24, 2.45) is 0 Å². The lowest BCUT2D eigenvalue weighted by Gasteiger charge is -2.33. The van der Waals surface area contributed by atoms with Crippen molar-refractivity contribution in [3.63, 3.8) is 0 Å². The Morgan fingerprint density at radius 1 is 1.27 bits per heavy atom. The van der Waals surface area contributed by atoms with Crippen molar-refractivity contribution >= 4 is 29.6 Å². The second kappa shape index (κ2) is 8.42. The smallest absolute Gasteiger partial charge is 0.305 e. The number of carbonyl (C=O) groups excluding carboxylic acids is 1. The fraction of sp³-hybridized carbons (Fsp3) is 0.444. The topological polar surface area (TPSA) is 85.3 Å². The third-order valence-corrected chi connectivity index (χ3v) is 4.63. The molecule has 0 atom stereocenters. The van der Waals surface area contributed by atoms with E-state index in [9.17, 15) is 9.59 Å². The van der Waals surface area contributed by atoms with Gasteiger partial charge in [-0.15, -0.1) is 0 Å². The van der Waals surface area contributed by atoms with E-state index in [4.69, 9.17) is 30.9 Å². The average molecular weight is 382 g/mol. The third kappa shape index (κ3) is 4.47. The lowest BCUT2D eigenvalue weighted by molar-refractivity contribution is -0.138. The molecule has 8 heteroatoms. The molecule has 1 saturated heterocycles. The molecule has 2 aliphatic rings. The summed E-state index contributed by atoms with van der Waals surface area (Å²) in [5, 5.41) is 9.37. The summed E-state index contributed by atoms with van der Waals surface area (Å²) in [6, 6.07) is 3.42. The predicted octanol–water partition coefficient (Wildman–Crippen LogP) is 2.56. The summed E-state index contributed by atoms with van der Waals surface area (Å²) in [5.74, 6) is -0.120. The predicted molar refractivity (Wildman–Crippen MR) is 94.4 cm³/mol. The maximum absolute atomic E-state index is 12.7. The quantitative estimate of drug-likeness (QED) is 0.762. The second-order valence-corrected chi connectivity index (χ2v) is 6.50. The molecule has 7 nitrogen and oxygen atoms in total. The number of carbonyl (C=O) groups is 2. The number of hydrogen-bond donors (Lipinski definition) is 1. The summed E-state index contributed by atoms with van der Waals surface area (Å²) in [5.41, 5.74) is 0.706. The number of amides is 1. The van der Waals surface area contributed by atoms with Crippen LogP contribution < -0.4 is 9.47 Å². The van der Waals surface area contributed by atoms with E-state index in [1.54, 1.807) is 23.1 Å². The molecule has 140 valence electrons. The van der Waals surface area contributed by atoms with Gasteiger partial charge in [0.15, 0.2) is 11.5 Å². The van der Waals surface area contributed by atoms with Crippen LogP contribution in [0.5, 0.6) is 11.5 Å². The molecule has 0 radical (unpaired) electrons. The summed E-state index contributed by atoms with van der Waals surface area (Å²) in [6.45, 7) is 1.44. The number of aliphatic carboxylic acids is 1. The van der Waals surface area contributed by atoms with E-state index < -0.39 is 5.97 Å². The van der Waals surface area contributed by atoms with Gasteiger partial charge in [0.1, 0.15) is 0 Å². The summed E-state index contributed by atoms with van der Waals surface area (Å²) in [6.07, 6.45) is 4.39. The van der Waals surface area contributed by atoms with Gasteiger partial charge in [0.05, 0.1) is 11.4 Å². The van der Waals surface area contributed by atoms with Gasteiger partial charge in [0, 0.05) is 31.9 Å². The van der Waals surface area contributed by atoms with Crippen LogP contribution in [-0.2, 0) is 14.3 Å². The minimum absolute atomic E-state index is 0.0133. The van der Waals surface area contributed by atoms with Gasteiger partial charge >= 0.3 is 5.97 Å². The molecule has 26 heavy (non-hydrogen) atoms. The van der Waals surface area contributed by atoms with Gasteiger partial charge < -0.3 is 24.2 Å². The van der Waals surface area contributed by atoms with Crippen molar-refractivity contribution in [1.29, 1.82) is 0 Å². The summed E-state index contributed by atoms with van der Waals surface area (Å²) >= 11 is 6.15. The molecule has 0 spiro atoms. The number of hydrogen-bond acceptors (Lipinski definition) is 5.